The first kappa shape index (κ1) is 16.6. The second-order valence-corrected chi connectivity index (χ2v) is 1.34. The van der Waals surface area contributed by atoms with Gasteiger partial charge in [-0.1, -0.05) is 0 Å². The molecule has 5 nitrogen and oxygen atoms in total. The summed E-state index contributed by atoms with van der Waals surface area (Å²) in [6.07, 6.45) is 0. The van der Waals surface area contributed by atoms with E-state index in [1.54, 1.807) is 0 Å². The van der Waals surface area contributed by atoms with Crippen molar-refractivity contribution in [1.29, 1.82) is 0 Å². The topological polar surface area (TPSA) is 97.3 Å². The van der Waals surface area contributed by atoms with Gasteiger partial charge in [-0.25, -0.2) is 0 Å². The first-order valence-electron chi connectivity index (χ1n) is 2.27. The molecule has 0 unspecified atom stereocenters. The third-order valence-electron chi connectivity index (χ3n) is 0.287. The van der Waals surface area contributed by atoms with E-state index in [9.17, 15) is 14.7 Å². The number of hydrogen-bond acceptors (Lipinski definition) is 5. The molecule has 11 heavy (non-hydrogen) atoms. The number of carboxylic acid groups (broad SMARTS) is 2. The summed E-state index contributed by atoms with van der Waals surface area (Å²) in [7, 11) is 0. The van der Waals surface area contributed by atoms with Gasteiger partial charge in [-0.2, -0.15) is 0 Å². The molecule has 0 aromatic carbocycles. The quantitative estimate of drug-likeness (QED) is 0.334. The summed E-state index contributed by atoms with van der Waals surface area (Å²) in [6.45, 7) is 1.91. The number of Topliss-reactive ketones (excluding diaryl/α,β-unsaturated/α-hetero) is 1. The number of carboxylic acids is 2. The Morgan fingerprint density at radius 2 is 1.09 bits per heavy atom. The summed E-state index contributed by atoms with van der Waals surface area (Å²) in [6, 6.07) is 0. The van der Waals surface area contributed by atoms with E-state index in [1.807, 2.05) is 0 Å². The van der Waals surface area contributed by atoms with Crippen molar-refractivity contribution in [3.63, 3.8) is 0 Å². The fourth-order valence-corrected chi connectivity index (χ4v) is 0. The first-order chi connectivity index (χ1) is 4.37. The van der Waals surface area contributed by atoms with Crippen LogP contribution in [0.15, 0.2) is 0 Å². The van der Waals surface area contributed by atoms with Crippen LogP contribution in [0.4, 0.5) is 0 Å². The molecule has 0 fully saturated rings. The van der Waals surface area contributed by atoms with Gasteiger partial charge in [0.2, 0.25) is 0 Å². The van der Waals surface area contributed by atoms with Crippen molar-refractivity contribution in [2.24, 2.45) is 0 Å². The maximum absolute atomic E-state index is 9.48. The van der Waals surface area contributed by atoms with Gasteiger partial charge in [0, 0.05) is 12.9 Å². The molecule has 1 radical (unpaired) electrons. The number of ketones is 1. The molecule has 0 spiro atoms. The summed E-state index contributed by atoms with van der Waals surface area (Å²) in [5, 5.41) is 18.1. The molecule has 63 valence electrons. The fraction of sp³-hybridized carbons (Fsp3) is 0.400. The molecule has 0 rings (SSSR count). The maximum Gasteiger partial charge on any atom is 2.00 e. The molecule has 0 amide bonds. The summed E-state index contributed by atoms with van der Waals surface area (Å²) in [5.74, 6) is -3.65. The molecule has 6 heteroatoms. The van der Waals surface area contributed by atoms with E-state index < -0.39 is 17.7 Å². The van der Waals surface area contributed by atoms with E-state index in [2.05, 4.69) is 0 Å². The molecular formula is C5H6MnO5. The van der Waals surface area contributed by atoms with Crippen molar-refractivity contribution >= 4 is 17.7 Å². The van der Waals surface area contributed by atoms with E-state index in [1.165, 1.54) is 0 Å². The minimum Gasteiger partial charge on any atom is -0.550 e. The predicted molar refractivity (Wildman–Crippen MR) is 26.4 cm³/mol. The average molecular weight is 201 g/mol. The van der Waals surface area contributed by atoms with E-state index in [-0.39, 0.29) is 17.1 Å². The molecule has 0 aromatic rings. The van der Waals surface area contributed by atoms with Crippen LogP contribution in [0.5, 0.6) is 0 Å². The largest absolute Gasteiger partial charge is 2.00 e. The smallest absolute Gasteiger partial charge is 0.550 e. The molecule has 0 N–H and O–H groups in total. The van der Waals surface area contributed by atoms with Crippen LogP contribution >= 0.6 is 0 Å². The Bertz CT molecular complexity index is 137. The summed E-state index contributed by atoms with van der Waals surface area (Å²) in [5.41, 5.74) is 0. The van der Waals surface area contributed by atoms with Crippen LogP contribution in [0, 0.1) is 0 Å². The van der Waals surface area contributed by atoms with Crippen LogP contribution in [0.2, 0.25) is 0 Å². The average Bonchev–Trinajstić information content (AvgIpc) is 1.63. The summed E-state index contributed by atoms with van der Waals surface area (Å²) < 4.78 is 0. The molecule has 0 atom stereocenters. The van der Waals surface area contributed by atoms with Crippen molar-refractivity contribution in [2.75, 3.05) is 0 Å². The Morgan fingerprint density at radius 1 is 1.00 bits per heavy atom. The Kier molecular flexibility index (Phi) is 13.8. The fourth-order valence-electron chi connectivity index (χ4n) is 0. The van der Waals surface area contributed by atoms with Crippen LogP contribution < -0.4 is 10.2 Å². The molecule has 0 bridgehead atoms. The van der Waals surface area contributed by atoms with E-state index in [4.69, 9.17) is 9.90 Å². The Morgan fingerprint density at radius 3 is 1.09 bits per heavy atom. The van der Waals surface area contributed by atoms with E-state index >= 15 is 0 Å². The van der Waals surface area contributed by atoms with Gasteiger partial charge in [0.15, 0.2) is 5.78 Å². The Hall–Kier alpha value is -0.871. The van der Waals surface area contributed by atoms with Crippen LogP contribution in [0.25, 0.3) is 0 Å². The molecule has 0 aliphatic rings. The van der Waals surface area contributed by atoms with Gasteiger partial charge < -0.3 is 19.8 Å². The van der Waals surface area contributed by atoms with Crippen molar-refractivity contribution in [2.45, 2.75) is 13.8 Å². The van der Waals surface area contributed by atoms with Crippen molar-refractivity contribution in [1.82, 2.24) is 0 Å². The van der Waals surface area contributed by atoms with Gasteiger partial charge in [0.25, 0.3) is 0 Å². The normalized spacial score (nSPS) is 6.36. The predicted octanol–water partition coefficient (Wildman–Crippen LogP) is -2.92. The Balaban J connectivity index is -0.000000114. The van der Waals surface area contributed by atoms with Crippen molar-refractivity contribution in [3.05, 3.63) is 0 Å². The maximum atomic E-state index is 9.48. The summed E-state index contributed by atoms with van der Waals surface area (Å²) >= 11 is 0. The monoisotopic (exact) mass is 201 g/mol. The van der Waals surface area contributed by atoms with E-state index in [0.717, 1.165) is 13.8 Å². The SMILES string of the molecule is CC(=O)C(=O)[O-].CC(=O)[O-].[Mn+2]. The number of carbonyl (C=O) groups is 3. The second kappa shape index (κ2) is 9.13. The molecule has 0 aromatic heterocycles. The number of aliphatic carboxylic acids is 2. The van der Waals surface area contributed by atoms with Gasteiger partial charge >= 0.3 is 17.1 Å². The summed E-state index contributed by atoms with van der Waals surface area (Å²) in [4.78, 5) is 27.6. The van der Waals surface area contributed by atoms with Crippen LogP contribution in [-0.2, 0) is 31.5 Å². The number of rotatable bonds is 1. The van der Waals surface area contributed by atoms with Crippen LogP contribution in [-0.4, -0.2) is 17.7 Å². The van der Waals surface area contributed by atoms with Crippen molar-refractivity contribution < 1.29 is 41.7 Å². The Labute approximate surface area is 73.9 Å². The van der Waals surface area contributed by atoms with E-state index in [0.29, 0.717) is 0 Å². The first-order valence-corrected chi connectivity index (χ1v) is 2.27. The van der Waals surface area contributed by atoms with Crippen LogP contribution in [0.3, 0.4) is 0 Å². The van der Waals surface area contributed by atoms with Gasteiger partial charge in [0.1, 0.15) is 5.97 Å². The van der Waals surface area contributed by atoms with Gasteiger partial charge in [-0.3, -0.25) is 4.79 Å². The minimum absolute atomic E-state index is 0. The molecule has 0 saturated carbocycles. The van der Waals surface area contributed by atoms with Crippen LogP contribution in [0.1, 0.15) is 13.8 Å². The molecule has 0 aliphatic carbocycles. The molecule has 0 aliphatic heterocycles. The second-order valence-electron chi connectivity index (χ2n) is 1.34. The standard InChI is InChI=1S/C3H4O3.C2H4O2.Mn/c1-2(4)3(5)6;1-2(3)4;/h1H3,(H,5,6);1H3,(H,3,4);/q;;+2/p-2. The molecule has 0 saturated heterocycles. The zero-order valence-electron chi connectivity index (χ0n) is 5.92. The molecule has 0 heterocycles. The third kappa shape index (κ3) is 47.4. The number of carbonyl (C=O) groups excluding carboxylic acids is 3. The minimum atomic E-state index is -1.63. The zero-order valence-corrected chi connectivity index (χ0v) is 7.10. The number of hydrogen-bond donors (Lipinski definition) is 0. The van der Waals surface area contributed by atoms with Gasteiger partial charge in [0.05, 0.1) is 0 Å². The van der Waals surface area contributed by atoms with Gasteiger partial charge in [-0.15, -0.1) is 0 Å². The third-order valence-corrected chi connectivity index (χ3v) is 0.287. The molecular weight excluding hydrogens is 195 g/mol. The van der Waals surface area contributed by atoms with Crippen molar-refractivity contribution in [3.8, 4) is 0 Å². The zero-order chi connectivity index (χ0) is 8.73. The van der Waals surface area contributed by atoms with Gasteiger partial charge in [-0.05, 0) is 6.92 Å².